The van der Waals surface area contributed by atoms with Gasteiger partial charge >= 0.3 is 0 Å². The van der Waals surface area contributed by atoms with E-state index < -0.39 is 0 Å². The van der Waals surface area contributed by atoms with E-state index in [-0.39, 0.29) is 0 Å². The summed E-state index contributed by atoms with van der Waals surface area (Å²) in [6.45, 7) is 12.6. The van der Waals surface area contributed by atoms with Crippen LogP contribution in [0, 0.1) is 18.8 Å². The van der Waals surface area contributed by atoms with Crippen molar-refractivity contribution in [2.45, 2.75) is 40.5 Å². The van der Waals surface area contributed by atoms with Gasteiger partial charge in [-0.05, 0) is 57.2 Å². The Morgan fingerprint density at radius 2 is 1.80 bits per heavy atom. The summed E-state index contributed by atoms with van der Waals surface area (Å²) >= 11 is 0. The standard InChI is InChI=1S/C18H31NO/c1-5-20-11-10-18(14-19-13-15(2)3)12-17-8-6-16(4)7-9-17/h6-9,15,18-19H,5,10-14H2,1-4H3. The molecule has 1 atom stereocenters. The number of hydrogen-bond donors (Lipinski definition) is 1. The molecule has 1 aromatic carbocycles. The van der Waals surface area contributed by atoms with Crippen LogP contribution >= 0.6 is 0 Å². The highest BCUT2D eigenvalue weighted by Crippen LogP contribution is 2.13. The highest BCUT2D eigenvalue weighted by Gasteiger charge is 2.10. The first kappa shape index (κ1) is 17.2. The van der Waals surface area contributed by atoms with Gasteiger partial charge in [-0.15, -0.1) is 0 Å². The van der Waals surface area contributed by atoms with E-state index in [0.717, 1.165) is 39.1 Å². The number of hydrogen-bond acceptors (Lipinski definition) is 2. The fourth-order valence-corrected chi connectivity index (χ4v) is 2.30. The molecular formula is C18H31NO. The van der Waals surface area contributed by atoms with Crippen LogP contribution in [0.2, 0.25) is 0 Å². The molecule has 0 heterocycles. The van der Waals surface area contributed by atoms with E-state index >= 15 is 0 Å². The van der Waals surface area contributed by atoms with E-state index in [4.69, 9.17) is 4.74 Å². The predicted molar refractivity (Wildman–Crippen MR) is 87.2 cm³/mol. The zero-order chi connectivity index (χ0) is 14.8. The molecule has 0 spiro atoms. The second-order valence-electron chi connectivity index (χ2n) is 6.09. The Hall–Kier alpha value is -0.860. The van der Waals surface area contributed by atoms with Crippen molar-refractivity contribution in [1.29, 1.82) is 0 Å². The van der Waals surface area contributed by atoms with Crippen molar-refractivity contribution in [3.8, 4) is 0 Å². The van der Waals surface area contributed by atoms with Gasteiger partial charge in [0.1, 0.15) is 0 Å². The second-order valence-corrected chi connectivity index (χ2v) is 6.09. The lowest BCUT2D eigenvalue weighted by Gasteiger charge is -2.19. The quantitative estimate of drug-likeness (QED) is 0.656. The van der Waals surface area contributed by atoms with Crippen molar-refractivity contribution in [2.75, 3.05) is 26.3 Å². The van der Waals surface area contributed by atoms with E-state index in [9.17, 15) is 0 Å². The van der Waals surface area contributed by atoms with Gasteiger partial charge in [0, 0.05) is 13.2 Å². The van der Waals surface area contributed by atoms with Crippen LogP contribution in [0.1, 0.15) is 38.3 Å². The Morgan fingerprint density at radius 3 is 2.40 bits per heavy atom. The molecule has 1 N–H and O–H groups in total. The zero-order valence-electron chi connectivity index (χ0n) is 13.6. The number of aryl methyl sites for hydroxylation is 1. The summed E-state index contributed by atoms with van der Waals surface area (Å²) in [6, 6.07) is 8.92. The van der Waals surface area contributed by atoms with Gasteiger partial charge in [0.05, 0.1) is 0 Å². The van der Waals surface area contributed by atoms with E-state index in [1.807, 2.05) is 0 Å². The lowest BCUT2D eigenvalue weighted by Crippen LogP contribution is -2.28. The zero-order valence-corrected chi connectivity index (χ0v) is 13.6. The summed E-state index contributed by atoms with van der Waals surface area (Å²) in [6.07, 6.45) is 2.27. The molecule has 0 aliphatic carbocycles. The highest BCUT2D eigenvalue weighted by atomic mass is 16.5. The lowest BCUT2D eigenvalue weighted by molar-refractivity contribution is 0.131. The third kappa shape index (κ3) is 7.66. The largest absolute Gasteiger partial charge is 0.382 e. The van der Waals surface area contributed by atoms with Crippen LogP contribution in [-0.2, 0) is 11.2 Å². The minimum absolute atomic E-state index is 0.656. The van der Waals surface area contributed by atoms with Crippen LogP contribution in [-0.4, -0.2) is 26.3 Å². The highest BCUT2D eigenvalue weighted by molar-refractivity contribution is 5.21. The molecule has 0 fully saturated rings. The molecule has 20 heavy (non-hydrogen) atoms. The molecule has 1 aromatic rings. The lowest BCUT2D eigenvalue weighted by atomic mass is 9.95. The summed E-state index contributed by atoms with van der Waals surface area (Å²) in [5.41, 5.74) is 2.76. The third-order valence-corrected chi connectivity index (χ3v) is 3.51. The minimum Gasteiger partial charge on any atom is -0.382 e. The molecule has 0 aliphatic rings. The summed E-state index contributed by atoms with van der Waals surface area (Å²) in [5, 5.41) is 3.59. The molecule has 114 valence electrons. The van der Waals surface area contributed by atoms with Gasteiger partial charge in [-0.3, -0.25) is 0 Å². The second kappa shape index (κ2) is 9.95. The minimum atomic E-state index is 0.656. The van der Waals surface area contributed by atoms with E-state index in [1.54, 1.807) is 0 Å². The van der Waals surface area contributed by atoms with Crippen molar-refractivity contribution < 1.29 is 4.74 Å². The molecule has 0 aliphatic heterocycles. The molecule has 0 saturated heterocycles. The summed E-state index contributed by atoms with van der Waals surface area (Å²) < 4.78 is 5.52. The van der Waals surface area contributed by atoms with Gasteiger partial charge in [-0.25, -0.2) is 0 Å². The fraction of sp³-hybridized carbons (Fsp3) is 0.667. The topological polar surface area (TPSA) is 21.3 Å². The number of nitrogens with one attached hydrogen (secondary N) is 1. The Morgan fingerprint density at radius 1 is 1.10 bits per heavy atom. The van der Waals surface area contributed by atoms with Gasteiger partial charge in [0.2, 0.25) is 0 Å². The van der Waals surface area contributed by atoms with Crippen molar-refractivity contribution in [1.82, 2.24) is 5.32 Å². The monoisotopic (exact) mass is 277 g/mol. The molecule has 0 aromatic heterocycles. The molecular weight excluding hydrogens is 246 g/mol. The number of ether oxygens (including phenoxy) is 1. The first-order chi connectivity index (χ1) is 9.61. The number of rotatable bonds is 10. The smallest absolute Gasteiger partial charge is 0.0469 e. The third-order valence-electron chi connectivity index (χ3n) is 3.51. The maximum Gasteiger partial charge on any atom is 0.0469 e. The van der Waals surface area contributed by atoms with Gasteiger partial charge in [-0.2, -0.15) is 0 Å². The predicted octanol–water partition coefficient (Wildman–Crippen LogP) is 3.83. The Bertz CT molecular complexity index is 345. The van der Waals surface area contributed by atoms with Gasteiger partial charge in [0.15, 0.2) is 0 Å². The van der Waals surface area contributed by atoms with E-state index in [1.165, 1.54) is 11.1 Å². The molecule has 0 radical (unpaired) electrons. The summed E-state index contributed by atoms with van der Waals surface area (Å²) in [7, 11) is 0. The SMILES string of the molecule is CCOCCC(CNCC(C)C)Cc1ccc(C)cc1. The molecule has 2 heteroatoms. The number of benzene rings is 1. The van der Waals surface area contributed by atoms with Crippen LogP contribution in [0.4, 0.5) is 0 Å². The van der Waals surface area contributed by atoms with Gasteiger partial charge in [-0.1, -0.05) is 43.7 Å². The summed E-state index contributed by atoms with van der Waals surface area (Å²) in [5.74, 6) is 1.37. The van der Waals surface area contributed by atoms with Crippen LogP contribution in [0.15, 0.2) is 24.3 Å². The fourth-order valence-electron chi connectivity index (χ4n) is 2.30. The molecule has 1 rings (SSSR count). The van der Waals surface area contributed by atoms with Gasteiger partial charge < -0.3 is 10.1 Å². The first-order valence-electron chi connectivity index (χ1n) is 7.95. The van der Waals surface area contributed by atoms with Crippen LogP contribution in [0.25, 0.3) is 0 Å². The van der Waals surface area contributed by atoms with Crippen LogP contribution in [0.3, 0.4) is 0 Å². The van der Waals surface area contributed by atoms with Crippen LogP contribution in [0.5, 0.6) is 0 Å². The normalized spacial score (nSPS) is 12.8. The Balaban J connectivity index is 2.45. The Kier molecular flexibility index (Phi) is 8.56. The maximum absolute atomic E-state index is 5.52. The van der Waals surface area contributed by atoms with Crippen molar-refractivity contribution in [3.63, 3.8) is 0 Å². The van der Waals surface area contributed by atoms with Crippen molar-refractivity contribution in [2.24, 2.45) is 11.8 Å². The molecule has 0 bridgehead atoms. The average Bonchev–Trinajstić information content (AvgIpc) is 2.41. The summed E-state index contributed by atoms with van der Waals surface area (Å²) in [4.78, 5) is 0. The molecule has 2 nitrogen and oxygen atoms in total. The molecule has 0 amide bonds. The maximum atomic E-state index is 5.52. The van der Waals surface area contributed by atoms with E-state index in [0.29, 0.717) is 11.8 Å². The van der Waals surface area contributed by atoms with E-state index in [2.05, 4.69) is 57.3 Å². The molecule has 0 saturated carbocycles. The van der Waals surface area contributed by atoms with Crippen molar-refractivity contribution in [3.05, 3.63) is 35.4 Å². The first-order valence-corrected chi connectivity index (χ1v) is 7.95. The van der Waals surface area contributed by atoms with Crippen LogP contribution < -0.4 is 5.32 Å². The van der Waals surface area contributed by atoms with Gasteiger partial charge in [0.25, 0.3) is 0 Å². The average molecular weight is 277 g/mol. The van der Waals surface area contributed by atoms with Crippen molar-refractivity contribution >= 4 is 0 Å². The Labute approximate surface area is 124 Å². The molecule has 1 unspecified atom stereocenters.